The second kappa shape index (κ2) is 7.25. The fraction of sp³-hybridized carbons (Fsp3) is 0.200. The molecule has 2 rings (SSSR count). The lowest BCUT2D eigenvalue weighted by molar-refractivity contribution is -0.383. The Hall–Kier alpha value is -2.12. The number of halogens is 5. The molecule has 0 saturated carbocycles. The van der Waals surface area contributed by atoms with Crippen molar-refractivity contribution >= 4 is 28.7 Å². The van der Waals surface area contributed by atoms with E-state index in [1.54, 1.807) is 0 Å². The van der Waals surface area contributed by atoms with Gasteiger partial charge in [0.05, 0.1) is 10.5 Å². The third-order valence-corrected chi connectivity index (χ3v) is 6.55. The number of rotatable bonds is 5. The smallest absolute Gasteiger partial charge is 0.416 e. The van der Waals surface area contributed by atoms with Gasteiger partial charge in [-0.3, -0.25) is 10.1 Å². The Morgan fingerprint density at radius 2 is 1.88 bits per heavy atom. The molecule has 0 radical (unpaired) electrons. The summed E-state index contributed by atoms with van der Waals surface area (Å²) >= 11 is 5.87. The van der Waals surface area contributed by atoms with E-state index in [2.05, 4.69) is 0 Å². The maximum absolute atomic E-state index is 13.9. The Labute approximate surface area is 149 Å². The highest BCUT2D eigenvalue weighted by atomic mass is 35.7. The first-order valence-corrected chi connectivity index (χ1v) is 9.87. The van der Waals surface area contributed by atoms with Crippen LogP contribution in [0.3, 0.4) is 0 Å². The number of alkyl halides is 3. The van der Waals surface area contributed by atoms with Crippen LogP contribution in [0.4, 0.5) is 23.2 Å². The summed E-state index contributed by atoms with van der Waals surface area (Å²) in [6, 6.07) is 4.78. The molecule has 1 unspecified atom stereocenters. The van der Waals surface area contributed by atoms with Crippen molar-refractivity contribution in [3.8, 4) is 11.5 Å². The second-order valence-electron chi connectivity index (χ2n) is 5.12. The lowest BCUT2D eigenvalue weighted by atomic mass is 10.2. The van der Waals surface area contributed by atoms with Crippen LogP contribution in [0.5, 0.6) is 11.5 Å². The highest BCUT2D eigenvalue weighted by Gasteiger charge is 2.32. The number of nitro benzene ring substituents is 1. The highest BCUT2D eigenvalue weighted by Crippen LogP contribution is 2.52. The molecule has 11 heteroatoms. The van der Waals surface area contributed by atoms with E-state index >= 15 is 0 Å². The monoisotopic (exact) mass is 411 g/mol. The maximum atomic E-state index is 13.9. The summed E-state index contributed by atoms with van der Waals surface area (Å²) in [5.41, 5.74) is -1.69. The van der Waals surface area contributed by atoms with Gasteiger partial charge in [0, 0.05) is 12.2 Å². The van der Waals surface area contributed by atoms with E-state index in [-0.39, 0.29) is 23.3 Å². The topological polar surface area (TPSA) is 69.4 Å². The fourth-order valence-electron chi connectivity index (χ4n) is 2.05. The average molecular weight is 412 g/mol. The molecule has 0 aromatic heterocycles. The van der Waals surface area contributed by atoms with Crippen molar-refractivity contribution in [1.82, 2.24) is 0 Å². The summed E-state index contributed by atoms with van der Waals surface area (Å²) in [6.07, 6.45) is -4.79. The van der Waals surface area contributed by atoms with E-state index in [9.17, 15) is 32.2 Å². The number of nitrogens with zero attached hydrogens (tertiary/aromatic N) is 1. The molecule has 26 heavy (non-hydrogen) atoms. The quantitative estimate of drug-likeness (QED) is 0.273. The van der Waals surface area contributed by atoms with Crippen molar-refractivity contribution in [2.75, 3.05) is 6.16 Å². The third kappa shape index (κ3) is 4.34. The lowest BCUT2D eigenvalue weighted by Crippen LogP contribution is -2.10. The number of hydrogen-bond donors (Lipinski definition) is 0. The molecule has 0 N–H and O–H groups in total. The molecule has 0 bridgehead atoms. The molecule has 0 aliphatic carbocycles. The SMILES string of the molecule is CCP(=O)(Cl)c1cc(Oc2ccc(C(F)(F)F)cc2F)ccc1[N+](=O)[O-]. The van der Waals surface area contributed by atoms with Gasteiger partial charge in [-0.1, -0.05) is 6.92 Å². The summed E-state index contributed by atoms with van der Waals surface area (Å²) in [5, 5.41) is 10.8. The van der Waals surface area contributed by atoms with Crippen LogP contribution in [0.25, 0.3) is 0 Å². The minimum atomic E-state index is -4.72. The molecule has 2 aromatic rings. The first kappa shape index (κ1) is 20.2. The molecule has 0 aliphatic rings. The van der Waals surface area contributed by atoms with Crippen LogP contribution >= 0.6 is 17.7 Å². The van der Waals surface area contributed by atoms with Gasteiger partial charge in [0.2, 0.25) is 6.49 Å². The molecular weight excluding hydrogens is 401 g/mol. The van der Waals surface area contributed by atoms with Crippen molar-refractivity contribution in [2.24, 2.45) is 0 Å². The first-order valence-electron chi connectivity index (χ1n) is 7.08. The summed E-state index contributed by atoms with van der Waals surface area (Å²) in [6.45, 7) is -2.11. The van der Waals surface area contributed by atoms with Gasteiger partial charge in [-0.25, -0.2) is 4.39 Å². The molecule has 0 aliphatic heterocycles. The predicted molar refractivity (Wildman–Crippen MR) is 88.2 cm³/mol. The zero-order valence-corrected chi connectivity index (χ0v) is 14.7. The molecule has 2 aromatic carbocycles. The Kier molecular flexibility index (Phi) is 5.63. The standard InChI is InChI=1S/C15H11ClF4NO4P/c1-2-26(16,24)14-8-10(4-5-12(14)21(22)23)25-13-6-3-9(7-11(13)17)15(18,19)20/h3-8H,2H2,1H3. The van der Waals surface area contributed by atoms with E-state index in [1.165, 1.54) is 6.92 Å². The van der Waals surface area contributed by atoms with Crippen molar-refractivity contribution in [3.63, 3.8) is 0 Å². The van der Waals surface area contributed by atoms with Crippen LogP contribution < -0.4 is 10.0 Å². The third-order valence-electron chi connectivity index (χ3n) is 3.40. The Morgan fingerprint density at radius 3 is 2.38 bits per heavy atom. The van der Waals surface area contributed by atoms with Crippen LogP contribution in [-0.2, 0) is 10.7 Å². The maximum Gasteiger partial charge on any atom is 0.416 e. The number of nitro groups is 1. The average Bonchev–Trinajstić information content (AvgIpc) is 2.55. The van der Waals surface area contributed by atoms with Gasteiger partial charge in [0.15, 0.2) is 11.6 Å². The molecule has 0 heterocycles. The van der Waals surface area contributed by atoms with Crippen LogP contribution in [0.15, 0.2) is 36.4 Å². The second-order valence-corrected chi connectivity index (χ2v) is 9.18. The van der Waals surface area contributed by atoms with Crippen molar-refractivity contribution < 1.29 is 31.8 Å². The minimum Gasteiger partial charge on any atom is -0.454 e. The van der Waals surface area contributed by atoms with Gasteiger partial charge < -0.3 is 9.30 Å². The van der Waals surface area contributed by atoms with Gasteiger partial charge >= 0.3 is 6.18 Å². The molecule has 1 atom stereocenters. The van der Waals surface area contributed by atoms with Crippen LogP contribution in [0, 0.1) is 15.9 Å². The zero-order valence-electron chi connectivity index (χ0n) is 13.1. The van der Waals surface area contributed by atoms with Gasteiger partial charge in [0.25, 0.3) is 5.69 Å². The molecule has 0 spiro atoms. The van der Waals surface area contributed by atoms with Crippen LogP contribution in [0.2, 0.25) is 0 Å². The predicted octanol–water partition coefficient (Wildman–Crippen LogP) is 5.71. The van der Waals surface area contributed by atoms with Crippen LogP contribution in [0.1, 0.15) is 12.5 Å². The summed E-state index contributed by atoms with van der Waals surface area (Å²) in [5.74, 6) is -1.96. The molecule has 0 fully saturated rings. The van der Waals surface area contributed by atoms with E-state index in [0.29, 0.717) is 6.07 Å². The fourth-order valence-corrected chi connectivity index (χ4v) is 3.61. The van der Waals surface area contributed by atoms with Crippen molar-refractivity contribution in [3.05, 3.63) is 57.9 Å². The van der Waals surface area contributed by atoms with Crippen LogP contribution in [-0.4, -0.2) is 11.1 Å². The first-order chi connectivity index (χ1) is 12.0. The molecule has 0 amide bonds. The number of ether oxygens (including phenoxy) is 1. The van der Waals surface area contributed by atoms with E-state index in [4.69, 9.17) is 16.0 Å². The normalized spacial score (nSPS) is 13.9. The van der Waals surface area contributed by atoms with Crippen molar-refractivity contribution in [2.45, 2.75) is 13.1 Å². The van der Waals surface area contributed by atoms with E-state index < -0.39 is 40.4 Å². The van der Waals surface area contributed by atoms with Gasteiger partial charge in [-0.15, -0.1) is 0 Å². The minimum absolute atomic E-state index is 0.0759. The molecule has 0 saturated heterocycles. The zero-order chi connectivity index (χ0) is 19.7. The molecule has 5 nitrogen and oxygen atoms in total. The van der Waals surface area contributed by atoms with Gasteiger partial charge in [-0.05, 0) is 41.6 Å². The number of hydrogen-bond acceptors (Lipinski definition) is 4. The van der Waals surface area contributed by atoms with Crippen molar-refractivity contribution in [1.29, 1.82) is 0 Å². The highest BCUT2D eigenvalue weighted by molar-refractivity contribution is 7.95. The molecule has 140 valence electrons. The summed E-state index contributed by atoms with van der Waals surface area (Å²) in [4.78, 5) is 10.3. The number of benzene rings is 2. The van der Waals surface area contributed by atoms with Gasteiger partial charge in [0.1, 0.15) is 11.1 Å². The Morgan fingerprint density at radius 1 is 1.23 bits per heavy atom. The Bertz CT molecular complexity index is 904. The van der Waals surface area contributed by atoms with Gasteiger partial charge in [-0.2, -0.15) is 13.2 Å². The van der Waals surface area contributed by atoms with E-state index in [1.807, 2.05) is 0 Å². The molecular formula is C15H11ClF4NO4P. The summed E-state index contributed by atoms with van der Waals surface area (Å²) < 4.78 is 69.0. The largest absolute Gasteiger partial charge is 0.454 e. The Balaban J connectivity index is 2.44. The lowest BCUT2D eigenvalue weighted by Gasteiger charge is -2.13. The summed E-state index contributed by atoms with van der Waals surface area (Å²) in [7, 11) is 0. The van der Waals surface area contributed by atoms with E-state index in [0.717, 1.165) is 24.3 Å².